The third-order valence-corrected chi connectivity index (χ3v) is 6.61. The predicted molar refractivity (Wildman–Crippen MR) is 125 cm³/mol. The fraction of sp³-hybridized carbons (Fsp3) is 0.423. The van der Waals surface area contributed by atoms with Crippen molar-refractivity contribution in [3.05, 3.63) is 59.7 Å². The number of nitrogens with one attached hydrogen (secondary N) is 1. The highest BCUT2D eigenvalue weighted by atomic mass is 16.6. The number of alkyl carbamates (subject to hydrolysis) is 1. The molecule has 3 atom stereocenters. The molecule has 2 aromatic carbocycles. The molecule has 1 saturated heterocycles. The summed E-state index contributed by atoms with van der Waals surface area (Å²) in [5.41, 5.74) is 4.55. The minimum absolute atomic E-state index is 0.0529. The number of likely N-dealkylation sites (N-methyl/N-ethyl adjacent to an activating group) is 1. The number of rotatable bonds is 8. The molecule has 2 aromatic rings. The fourth-order valence-electron chi connectivity index (χ4n) is 4.98. The normalized spacial score (nSPS) is 19.7. The molecule has 2 aliphatic rings. The van der Waals surface area contributed by atoms with E-state index in [-0.39, 0.29) is 24.9 Å². The fourth-order valence-corrected chi connectivity index (χ4v) is 4.98. The molecule has 4 rings (SSSR count). The molecular weight excluding hydrogens is 436 g/mol. The Bertz CT molecular complexity index is 1030. The minimum Gasteiger partial charge on any atom is -0.481 e. The van der Waals surface area contributed by atoms with Gasteiger partial charge in [0.2, 0.25) is 0 Å². The van der Waals surface area contributed by atoms with Crippen LogP contribution in [0.25, 0.3) is 11.1 Å². The maximum atomic E-state index is 13.0. The highest BCUT2D eigenvalue weighted by Crippen LogP contribution is 2.44. The number of carbonyl (C=O) groups excluding carboxylic acids is 2. The number of nitrogens with zero attached hydrogens (tertiary/aromatic N) is 1. The topological polar surface area (TPSA) is 105 Å². The number of carboxylic acids is 1. The van der Waals surface area contributed by atoms with Crippen LogP contribution in [0.1, 0.15) is 43.7 Å². The zero-order chi connectivity index (χ0) is 24.2. The number of amides is 2. The van der Waals surface area contributed by atoms with Crippen LogP contribution >= 0.6 is 0 Å². The molecule has 8 heteroatoms. The summed E-state index contributed by atoms with van der Waals surface area (Å²) in [6.45, 7) is 4.35. The number of carbonyl (C=O) groups is 3. The van der Waals surface area contributed by atoms with E-state index >= 15 is 0 Å². The van der Waals surface area contributed by atoms with Crippen molar-refractivity contribution < 1.29 is 29.0 Å². The Balaban J connectivity index is 1.38. The molecule has 1 fully saturated rings. The second-order valence-corrected chi connectivity index (χ2v) is 8.73. The first-order valence-corrected chi connectivity index (χ1v) is 11.7. The number of hydrogen-bond donors (Lipinski definition) is 2. The Labute approximate surface area is 198 Å². The summed E-state index contributed by atoms with van der Waals surface area (Å²) in [6, 6.07) is 15.2. The molecule has 8 nitrogen and oxygen atoms in total. The van der Waals surface area contributed by atoms with Crippen LogP contribution in [-0.4, -0.2) is 65.9 Å². The summed E-state index contributed by atoms with van der Waals surface area (Å²) in [5.74, 6) is -1.35. The van der Waals surface area contributed by atoms with Gasteiger partial charge in [0.15, 0.2) is 6.10 Å². The second-order valence-electron chi connectivity index (χ2n) is 8.73. The van der Waals surface area contributed by atoms with Gasteiger partial charge in [-0.2, -0.15) is 0 Å². The molecule has 34 heavy (non-hydrogen) atoms. The van der Waals surface area contributed by atoms with Crippen LogP contribution in [0.15, 0.2) is 48.5 Å². The predicted octanol–water partition coefficient (Wildman–Crippen LogP) is 3.39. The van der Waals surface area contributed by atoms with Crippen molar-refractivity contribution in [1.29, 1.82) is 0 Å². The van der Waals surface area contributed by atoms with Gasteiger partial charge in [0.1, 0.15) is 6.61 Å². The van der Waals surface area contributed by atoms with Gasteiger partial charge < -0.3 is 24.8 Å². The minimum atomic E-state index is -0.973. The molecule has 2 N–H and O–H groups in total. The standard InChI is InChI=1S/C26H30N2O6/c1-3-28(16(2)14-23(29)30)25(31)24-22(12-13-33-24)27-26(32)34-15-21-19-10-6-4-8-17(19)18-9-5-7-11-20(18)21/h4-11,16,21-22,24H,3,12-15H2,1-2H3,(H,27,32)(H,29,30)/t16?,22-,24+/m0/s1. The van der Waals surface area contributed by atoms with Crippen LogP contribution < -0.4 is 5.32 Å². The molecule has 0 spiro atoms. The summed E-state index contributed by atoms with van der Waals surface area (Å²) < 4.78 is 11.2. The second kappa shape index (κ2) is 10.3. The summed E-state index contributed by atoms with van der Waals surface area (Å²) in [5, 5.41) is 11.9. The van der Waals surface area contributed by atoms with Crippen LogP contribution in [0.5, 0.6) is 0 Å². The molecule has 0 saturated carbocycles. The van der Waals surface area contributed by atoms with Crippen LogP contribution in [-0.2, 0) is 19.1 Å². The number of aliphatic carboxylic acids is 1. The average molecular weight is 467 g/mol. The first-order chi connectivity index (χ1) is 16.4. The first-order valence-electron chi connectivity index (χ1n) is 11.7. The van der Waals surface area contributed by atoms with E-state index in [2.05, 4.69) is 29.6 Å². The smallest absolute Gasteiger partial charge is 0.407 e. The lowest BCUT2D eigenvalue weighted by atomic mass is 9.98. The van der Waals surface area contributed by atoms with Crippen LogP contribution in [0, 0.1) is 0 Å². The van der Waals surface area contributed by atoms with Gasteiger partial charge in [-0.1, -0.05) is 48.5 Å². The third-order valence-electron chi connectivity index (χ3n) is 6.61. The van der Waals surface area contributed by atoms with Crippen LogP contribution in [0.2, 0.25) is 0 Å². The zero-order valence-corrected chi connectivity index (χ0v) is 19.4. The van der Waals surface area contributed by atoms with Crippen LogP contribution in [0.4, 0.5) is 4.79 Å². The van der Waals surface area contributed by atoms with E-state index in [4.69, 9.17) is 14.6 Å². The maximum absolute atomic E-state index is 13.0. The van der Waals surface area contributed by atoms with Gasteiger partial charge in [0, 0.05) is 25.1 Å². The average Bonchev–Trinajstić information content (AvgIpc) is 3.40. The van der Waals surface area contributed by atoms with Crippen molar-refractivity contribution in [2.45, 2.75) is 50.8 Å². The molecular formula is C26H30N2O6. The highest BCUT2D eigenvalue weighted by Gasteiger charge is 2.39. The molecule has 1 aliphatic carbocycles. The number of carboxylic acid groups (broad SMARTS) is 1. The van der Waals surface area contributed by atoms with Gasteiger partial charge in [-0.15, -0.1) is 0 Å². The van der Waals surface area contributed by atoms with E-state index in [1.807, 2.05) is 24.3 Å². The molecule has 180 valence electrons. The Morgan fingerprint density at radius 1 is 1.12 bits per heavy atom. The summed E-state index contributed by atoms with van der Waals surface area (Å²) in [6.07, 6.45) is -1.14. The summed E-state index contributed by atoms with van der Waals surface area (Å²) in [7, 11) is 0. The molecule has 1 aliphatic heterocycles. The number of benzene rings is 2. The molecule has 0 bridgehead atoms. The van der Waals surface area contributed by atoms with E-state index in [0.717, 1.165) is 22.3 Å². The summed E-state index contributed by atoms with van der Waals surface area (Å²) in [4.78, 5) is 38.3. The third kappa shape index (κ3) is 4.77. The van der Waals surface area contributed by atoms with Crippen molar-refractivity contribution in [3.8, 4) is 11.1 Å². The number of hydrogen-bond acceptors (Lipinski definition) is 5. The lowest BCUT2D eigenvalue weighted by Crippen LogP contribution is -2.52. The van der Waals surface area contributed by atoms with Crippen molar-refractivity contribution in [1.82, 2.24) is 10.2 Å². The highest BCUT2D eigenvalue weighted by molar-refractivity contribution is 5.84. The summed E-state index contributed by atoms with van der Waals surface area (Å²) >= 11 is 0. The van der Waals surface area contributed by atoms with Gasteiger partial charge in [0.05, 0.1) is 12.5 Å². The Morgan fingerprint density at radius 2 is 1.74 bits per heavy atom. The molecule has 2 amide bonds. The lowest BCUT2D eigenvalue weighted by Gasteiger charge is -2.31. The Kier molecular flexibility index (Phi) is 7.17. The quantitative estimate of drug-likeness (QED) is 0.618. The number of ether oxygens (including phenoxy) is 2. The van der Waals surface area contributed by atoms with E-state index in [9.17, 15) is 14.4 Å². The van der Waals surface area contributed by atoms with Crippen molar-refractivity contribution in [2.75, 3.05) is 19.8 Å². The molecule has 0 radical (unpaired) electrons. The van der Waals surface area contributed by atoms with Gasteiger partial charge in [0.25, 0.3) is 5.91 Å². The number of fused-ring (bicyclic) bond motifs is 3. The van der Waals surface area contributed by atoms with E-state index in [0.29, 0.717) is 19.6 Å². The largest absolute Gasteiger partial charge is 0.481 e. The van der Waals surface area contributed by atoms with Gasteiger partial charge in [-0.3, -0.25) is 9.59 Å². The Hall–Kier alpha value is -3.39. The first kappa shape index (κ1) is 23.8. The van der Waals surface area contributed by atoms with Gasteiger partial charge >= 0.3 is 12.1 Å². The molecule has 1 heterocycles. The monoisotopic (exact) mass is 466 g/mol. The lowest BCUT2D eigenvalue weighted by molar-refractivity contribution is -0.146. The van der Waals surface area contributed by atoms with Crippen molar-refractivity contribution in [3.63, 3.8) is 0 Å². The van der Waals surface area contributed by atoms with Gasteiger partial charge in [-0.25, -0.2) is 4.79 Å². The van der Waals surface area contributed by atoms with Crippen molar-refractivity contribution in [2.24, 2.45) is 0 Å². The Morgan fingerprint density at radius 3 is 2.32 bits per heavy atom. The van der Waals surface area contributed by atoms with E-state index < -0.39 is 30.3 Å². The van der Waals surface area contributed by atoms with Crippen LogP contribution in [0.3, 0.4) is 0 Å². The zero-order valence-electron chi connectivity index (χ0n) is 19.4. The molecule has 0 aromatic heterocycles. The van der Waals surface area contributed by atoms with Crippen molar-refractivity contribution >= 4 is 18.0 Å². The SMILES string of the molecule is CCN(C(=O)[C@@H]1OCC[C@@H]1NC(=O)OCC1c2ccccc2-c2ccccc21)C(C)CC(=O)O. The van der Waals surface area contributed by atoms with Gasteiger partial charge in [-0.05, 0) is 42.5 Å². The maximum Gasteiger partial charge on any atom is 0.407 e. The molecule has 1 unspecified atom stereocenters. The van der Waals surface area contributed by atoms with E-state index in [1.54, 1.807) is 13.8 Å². The van der Waals surface area contributed by atoms with E-state index in [1.165, 1.54) is 4.90 Å².